The Morgan fingerprint density at radius 3 is 2.45 bits per heavy atom. The van der Waals surface area contributed by atoms with Crippen LogP contribution in [-0.2, 0) is 0 Å². The maximum atomic E-state index is 10.9. The third kappa shape index (κ3) is 1.80. The number of aliphatic hydroxyl groups is 2. The van der Waals surface area contributed by atoms with Gasteiger partial charge in [-0.25, -0.2) is 0 Å². The first-order chi connectivity index (χ1) is 10.3. The molecular formula is C20H32O2. The molecule has 2 N–H and O–H groups in total. The highest BCUT2D eigenvalue weighted by atomic mass is 16.3. The van der Waals surface area contributed by atoms with Crippen molar-refractivity contribution >= 4 is 0 Å². The number of fused-ring (bicyclic) bond motifs is 5. The van der Waals surface area contributed by atoms with Gasteiger partial charge in [-0.1, -0.05) is 26.0 Å². The Morgan fingerprint density at radius 2 is 1.68 bits per heavy atom. The molecule has 0 amide bonds. The van der Waals surface area contributed by atoms with Crippen LogP contribution in [-0.4, -0.2) is 21.9 Å². The lowest BCUT2D eigenvalue weighted by molar-refractivity contribution is -0.131. The molecule has 8 atom stereocenters. The highest BCUT2D eigenvalue weighted by Gasteiger charge is 2.62. The summed E-state index contributed by atoms with van der Waals surface area (Å²) >= 11 is 0. The molecule has 124 valence electrons. The number of hydrogen-bond acceptors (Lipinski definition) is 2. The van der Waals surface area contributed by atoms with E-state index in [4.69, 9.17) is 0 Å². The summed E-state index contributed by atoms with van der Waals surface area (Å²) in [6, 6.07) is 0. The summed E-state index contributed by atoms with van der Waals surface area (Å²) < 4.78 is 0. The molecule has 0 heterocycles. The fourth-order valence-electron chi connectivity index (χ4n) is 7.03. The first-order valence-corrected chi connectivity index (χ1v) is 9.38. The zero-order valence-electron chi connectivity index (χ0n) is 14.4. The van der Waals surface area contributed by atoms with Crippen molar-refractivity contribution in [2.75, 3.05) is 0 Å². The molecule has 4 rings (SSSR count). The van der Waals surface area contributed by atoms with Crippen LogP contribution in [0, 0.1) is 34.5 Å². The highest BCUT2D eigenvalue weighted by molar-refractivity contribution is 5.18. The SMILES string of the molecule is CC12C=C[C@@H](O)C[C@H]1CCC1C2CCC2(C)C1CC[C@]2(C)O. The molecule has 2 nitrogen and oxygen atoms in total. The van der Waals surface area contributed by atoms with Gasteiger partial charge in [-0.3, -0.25) is 0 Å². The van der Waals surface area contributed by atoms with Gasteiger partial charge >= 0.3 is 0 Å². The van der Waals surface area contributed by atoms with Gasteiger partial charge in [0.15, 0.2) is 0 Å². The molecule has 3 fully saturated rings. The minimum Gasteiger partial charge on any atom is -0.390 e. The summed E-state index contributed by atoms with van der Waals surface area (Å²) in [7, 11) is 0. The Labute approximate surface area is 135 Å². The van der Waals surface area contributed by atoms with Crippen molar-refractivity contribution in [2.45, 2.75) is 77.4 Å². The zero-order chi connectivity index (χ0) is 15.8. The number of allylic oxidation sites excluding steroid dienone is 1. The van der Waals surface area contributed by atoms with E-state index in [1.807, 2.05) is 0 Å². The summed E-state index contributed by atoms with van der Waals surface area (Å²) in [5, 5.41) is 20.9. The molecule has 2 heteroatoms. The van der Waals surface area contributed by atoms with Crippen LogP contribution in [0.3, 0.4) is 0 Å². The molecule has 22 heavy (non-hydrogen) atoms. The fourth-order valence-corrected chi connectivity index (χ4v) is 7.03. The molecule has 4 aliphatic carbocycles. The second-order valence-electron chi connectivity index (χ2n) is 9.45. The topological polar surface area (TPSA) is 40.5 Å². The van der Waals surface area contributed by atoms with Gasteiger partial charge in [0.25, 0.3) is 0 Å². The first-order valence-electron chi connectivity index (χ1n) is 9.38. The van der Waals surface area contributed by atoms with Crippen LogP contribution < -0.4 is 0 Å². The summed E-state index contributed by atoms with van der Waals surface area (Å²) in [5.41, 5.74) is -0.0772. The largest absolute Gasteiger partial charge is 0.390 e. The fraction of sp³-hybridized carbons (Fsp3) is 0.900. The summed E-state index contributed by atoms with van der Waals surface area (Å²) in [6.45, 7) is 6.89. The van der Waals surface area contributed by atoms with Gasteiger partial charge in [-0.2, -0.15) is 0 Å². The van der Waals surface area contributed by atoms with Gasteiger partial charge in [-0.05, 0) is 86.4 Å². The van der Waals surface area contributed by atoms with Crippen molar-refractivity contribution < 1.29 is 10.2 Å². The Morgan fingerprint density at radius 1 is 0.955 bits per heavy atom. The molecule has 4 aliphatic rings. The second-order valence-corrected chi connectivity index (χ2v) is 9.45. The Bertz CT molecular complexity index is 496. The molecule has 0 aromatic rings. The molecule has 0 aromatic heterocycles. The Kier molecular flexibility index (Phi) is 3.18. The average Bonchev–Trinajstić information content (AvgIpc) is 2.70. The summed E-state index contributed by atoms with van der Waals surface area (Å²) in [6.07, 6.45) is 12.3. The van der Waals surface area contributed by atoms with Crippen LogP contribution in [0.1, 0.15) is 65.7 Å². The summed E-state index contributed by atoms with van der Waals surface area (Å²) in [4.78, 5) is 0. The van der Waals surface area contributed by atoms with Crippen molar-refractivity contribution in [3.05, 3.63) is 12.2 Å². The van der Waals surface area contributed by atoms with Crippen LogP contribution in [0.15, 0.2) is 12.2 Å². The van der Waals surface area contributed by atoms with Gasteiger partial charge in [0.1, 0.15) is 0 Å². The van der Waals surface area contributed by atoms with Crippen LogP contribution in [0.25, 0.3) is 0 Å². The molecule has 0 bridgehead atoms. The van der Waals surface area contributed by atoms with Gasteiger partial charge in [0.05, 0.1) is 11.7 Å². The minimum atomic E-state index is -0.473. The van der Waals surface area contributed by atoms with Crippen molar-refractivity contribution in [1.82, 2.24) is 0 Å². The lowest BCUT2D eigenvalue weighted by Gasteiger charge is -2.60. The zero-order valence-corrected chi connectivity index (χ0v) is 14.4. The van der Waals surface area contributed by atoms with Crippen molar-refractivity contribution in [1.29, 1.82) is 0 Å². The van der Waals surface area contributed by atoms with Crippen LogP contribution in [0.4, 0.5) is 0 Å². The smallest absolute Gasteiger partial charge is 0.0724 e. The van der Waals surface area contributed by atoms with E-state index >= 15 is 0 Å². The minimum absolute atomic E-state index is 0.120. The van der Waals surface area contributed by atoms with E-state index in [-0.39, 0.29) is 16.9 Å². The monoisotopic (exact) mass is 304 g/mol. The molecule has 0 radical (unpaired) electrons. The van der Waals surface area contributed by atoms with Crippen molar-refractivity contribution in [3.63, 3.8) is 0 Å². The third-order valence-corrected chi connectivity index (χ3v) is 8.73. The molecule has 3 saturated carbocycles. The quantitative estimate of drug-likeness (QED) is 0.666. The van der Waals surface area contributed by atoms with E-state index in [0.717, 1.165) is 24.7 Å². The standard InChI is InChI=1S/C20H32O2/c1-18-9-6-14(21)12-13(18)4-5-15-16(18)7-10-19(2)17(15)8-11-20(19,3)22/h6,9,13-17,21-22H,4-5,7-8,10-12H2,1-3H3/t13-,14-,15?,16?,17?,18?,19?,20+/m1/s1. The predicted molar refractivity (Wildman–Crippen MR) is 88.3 cm³/mol. The van der Waals surface area contributed by atoms with Crippen LogP contribution >= 0.6 is 0 Å². The van der Waals surface area contributed by atoms with Crippen LogP contribution in [0.5, 0.6) is 0 Å². The average molecular weight is 304 g/mol. The normalized spacial score (nSPS) is 60.5. The maximum Gasteiger partial charge on any atom is 0.0724 e. The summed E-state index contributed by atoms with van der Waals surface area (Å²) in [5.74, 6) is 2.87. The van der Waals surface area contributed by atoms with Crippen LogP contribution in [0.2, 0.25) is 0 Å². The van der Waals surface area contributed by atoms with E-state index < -0.39 is 5.60 Å². The lowest BCUT2D eigenvalue weighted by atomic mass is 9.45. The van der Waals surface area contributed by atoms with Crippen molar-refractivity contribution in [3.8, 4) is 0 Å². The van der Waals surface area contributed by atoms with Gasteiger partial charge < -0.3 is 10.2 Å². The molecule has 5 unspecified atom stereocenters. The third-order valence-electron chi connectivity index (χ3n) is 8.73. The molecule has 0 spiro atoms. The number of aliphatic hydroxyl groups excluding tert-OH is 1. The lowest BCUT2D eigenvalue weighted by Crippen LogP contribution is -2.55. The molecule has 0 aromatic carbocycles. The molecule has 0 aliphatic heterocycles. The van der Waals surface area contributed by atoms with Gasteiger partial charge in [0, 0.05) is 0 Å². The van der Waals surface area contributed by atoms with E-state index in [1.165, 1.54) is 32.1 Å². The Balaban J connectivity index is 1.68. The number of rotatable bonds is 0. The highest BCUT2D eigenvalue weighted by Crippen LogP contribution is 2.67. The van der Waals surface area contributed by atoms with E-state index in [2.05, 4.69) is 32.9 Å². The number of hydrogen-bond donors (Lipinski definition) is 2. The van der Waals surface area contributed by atoms with E-state index in [1.54, 1.807) is 0 Å². The predicted octanol–water partition coefficient (Wildman–Crippen LogP) is 3.92. The van der Waals surface area contributed by atoms with E-state index in [9.17, 15) is 10.2 Å². The molecular weight excluding hydrogens is 272 g/mol. The van der Waals surface area contributed by atoms with Gasteiger partial charge in [-0.15, -0.1) is 0 Å². The first kappa shape index (κ1) is 15.2. The van der Waals surface area contributed by atoms with E-state index in [0.29, 0.717) is 11.8 Å². The Hall–Kier alpha value is -0.340. The van der Waals surface area contributed by atoms with Crippen molar-refractivity contribution in [2.24, 2.45) is 34.5 Å². The van der Waals surface area contributed by atoms with Gasteiger partial charge in [0.2, 0.25) is 0 Å². The molecule has 0 saturated heterocycles. The maximum absolute atomic E-state index is 10.9. The second kappa shape index (κ2) is 4.60.